The maximum Gasteiger partial charge on any atom is 0.153 e. The molecule has 0 heterocycles. The summed E-state index contributed by atoms with van der Waals surface area (Å²) < 4.78 is 0. The van der Waals surface area contributed by atoms with Gasteiger partial charge in [0.2, 0.25) is 0 Å². The van der Waals surface area contributed by atoms with Crippen LogP contribution in [0.1, 0.15) is 123 Å². The fourth-order valence-electron chi connectivity index (χ4n) is 13.4. The molecule has 0 saturated carbocycles. The number of aldehydes is 1. The molecular weight excluding hydrogens is 1370 g/mol. The number of aryl methyl sites for hydroxylation is 12. The second kappa shape index (κ2) is 37.6. The van der Waals surface area contributed by atoms with Crippen molar-refractivity contribution in [2.45, 2.75) is 118 Å². The van der Waals surface area contributed by atoms with Crippen LogP contribution in [0, 0.1) is 93.9 Å². The van der Waals surface area contributed by atoms with Crippen molar-refractivity contribution in [3.8, 4) is 50.6 Å². The first-order chi connectivity index (χ1) is 52.9. The average Bonchev–Trinajstić information content (AvgIpc) is 0.788. The molecule has 0 aromatic heterocycles. The van der Waals surface area contributed by atoms with Gasteiger partial charge >= 0.3 is 0 Å². The van der Waals surface area contributed by atoms with E-state index in [9.17, 15) is 20.1 Å². The molecule has 0 radical (unpaired) electrons. The van der Waals surface area contributed by atoms with Crippen LogP contribution in [0.5, 0.6) is 17.2 Å². The number of aromatic hydroxyl groups is 3. The first-order valence-corrected chi connectivity index (χ1v) is 38.0. The molecule has 572 valence electrons. The molecule has 0 aliphatic rings. The normalized spacial score (nSPS) is 11.3. The maximum absolute atomic E-state index is 11.3. The molecule has 111 heavy (non-hydrogen) atoms. The number of hydrogen-bond acceptors (Lipinski definition) is 12. The first kappa shape index (κ1) is 83.4. The minimum atomic E-state index is -0.264. The van der Waals surface area contributed by atoms with Crippen molar-refractivity contribution >= 4 is 69.9 Å². The van der Waals surface area contributed by atoms with E-state index in [1.165, 1.54) is 33.4 Å². The fraction of sp³-hybridized carbons (Fsp3) is 0.242. The third kappa shape index (κ3) is 21.6. The summed E-state index contributed by atoms with van der Waals surface area (Å²) in [4.78, 5) is 27.4. The highest BCUT2D eigenvalue weighted by Gasteiger charge is 2.23. The van der Waals surface area contributed by atoms with E-state index in [4.69, 9.17) is 26.6 Å². The number of hydrogen-bond donors (Lipinski definition) is 6. The molecule has 0 unspecified atom stereocenters. The highest BCUT2D eigenvalue weighted by Crippen LogP contribution is 2.44. The number of aliphatic hydroxyl groups excluding tert-OH is 1. The summed E-state index contributed by atoms with van der Waals surface area (Å²) in [7, 11) is 0. The van der Waals surface area contributed by atoms with Crippen LogP contribution in [0.25, 0.3) is 33.4 Å². The van der Waals surface area contributed by atoms with Crippen molar-refractivity contribution in [1.29, 1.82) is 0 Å². The van der Waals surface area contributed by atoms with E-state index in [2.05, 4.69) is 306 Å². The van der Waals surface area contributed by atoms with Crippen LogP contribution in [-0.2, 0) is 0 Å². The average molecular weight is 1480 g/mol. The summed E-state index contributed by atoms with van der Waals surface area (Å²) in [6.07, 6.45) is 4.17. The van der Waals surface area contributed by atoms with Gasteiger partial charge in [-0.25, -0.2) is 0 Å². The van der Waals surface area contributed by atoms with Crippen molar-refractivity contribution in [2.24, 2.45) is 32.3 Å². The molecule has 0 aliphatic carbocycles. The third-order valence-electron chi connectivity index (χ3n) is 19.8. The number of phenolic OH excluding ortho intramolecular Hbond substituents is 3. The summed E-state index contributed by atoms with van der Waals surface area (Å²) in [6, 6.07) is 81.8. The lowest BCUT2D eigenvalue weighted by molar-refractivity contribution is 0.112. The number of carbonyl (C=O) groups is 1. The number of aliphatic hydroxyl groups is 1. The monoisotopic (exact) mass is 1480 g/mol. The molecule has 0 bridgehead atoms. The van der Waals surface area contributed by atoms with Gasteiger partial charge in [0.25, 0.3) is 0 Å². The summed E-state index contributed by atoms with van der Waals surface area (Å²) in [6.45, 7) is 37.9. The summed E-state index contributed by atoms with van der Waals surface area (Å²) in [5.74, 6) is 0.367. The first-order valence-electron chi connectivity index (χ1n) is 38.0. The number of nitrogens with two attached hydrogens (primary N) is 2. The number of anilines is 9. The second-order valence-corrected chi connectivity index (χ2v) is 30.8. The minimum absolute atomic E-state index is 0.00122. The van der Waals surface area contributed by atoms with Gasteiger partial charge in [0.15, 0.2) is 6.29 Å². The number of rotatable bonds is 21. The Hall–Kier alpha value is -11.7. The van der Waals surface area contributed by atoms with Crippen LogP contribution < -0.4 is 26.2 Å². The van der Waals surface area contributed by atoms with Crippen molar-refractivity contribution in [1.82, 2.24) is 0 Å². The lowest BCUT2D eigenvalue weighted by Gasteiger charge is -2.27. The molecule has 12 aromatic carbocycles. The number of aliphatic imine (C=N–C) groups is 2. The van der Waals surface area contributed by atoms with Crippen LogP contribution >= 0.6 is 0 Å². The molecule has 0 atom stereocenters. The van der Waals surface area contributed by atoms with Gasteiger partial charge in [-0.3, -0.25) is 14.8 Å². The molecular formula is C99H111N7O5. The predicted octanol–water partition coefficient (Wildman–Crippen LogP) is 23.9. The topological polar surface area (TPSA) is 184 Å². The van der Waals surface area contributed by atoms with Crippen molar-refractivity contribution in [3.63, 3.8) is 0 Å². The van der Waals surface area contributed by atoms with Gasteiger partial charge in [0.05, 0.1) is 5.56 Å². The molecule has 0 spiro atoms. The van der Waals surface area contributed by atoms with Gasteiger partial charge in [-0.1, -0.05) is 152 Å². The van der Waals surface area contributed by atoms with E-state index >= 15 is 0 Å². The Balaban J connectivity index is 0.000000277. The Bertz CT molecular complexity index is 4770. The largest absolute Gasteiger partial charge is 0.507 e. The SMILES string of the molecule is CC(C)(CN)CN.CCO.Cc1ccc(N(c2ccc(C)cc2)c2cc(C)c(-c3ccc(C=NCC(C)(C)CN=Cc4ccc(-c5c(C)cc(N(c6ccc(C)cc6)c6ccc(C)cc6)cc5C)cc4O)c(O)c3)c(C)c2)cc1.Cc1ccc(N(c2ccc(C)cc2)c2cc(C)c(-c3ccc(C=O)c(O)c3)c(C)c2)cc1. The van der Waals surface area contributed by atoms with E-state index in [1.54, 1.807) is 31.5 Å². The van der Waals surface area contributed by atoms with Gasteiger partial charge in [-0.05, 0) is 321 Å². The summed E-state index contributed by atoms with van der Waals surface area (Å²) in [5.41, 5.74) is 42.1. The standard InChI is InChI=1S/C63H64N4O2.C29H27NO2.C5H14N2.C2H6O/c1-41-11-23-53(24-12-41)66(54-25-13-42(2)14-26-54)57-31-45(5)61(46(6)32-57)49-19-21-51(59(68)35-49)37-64-39-63(9,10)40-65-38-52-22-20-50(36-60(52)69)62-47(7)33-58(34-48(62)8)67(55-27-15-43(3)16-28-55)56-29-17-44(4)18-30-56;1-19-5-11-25(12-6-19)30(26-13-7-20(2)8-14-26)27-15-21(3)29(22(4)16-27)23-9-10-24(18-31)28(32)17-23;1-5(2,3-6)4-7;1-2-3/h11-38,68-69H,39-40H2,1-10H3;5-18,32H,1-4H3;3-4,6-7H2,1-2H3;3H,2H2,1H3. The highest BCUT2D eigenvalue weighted by atomic mass is 16.3. The zero-order valence-corrected chi connectivity index (χ0v) is 67.9. The molecule has 12 nitrogen and oxygen atoms in total. The van der Waals surface area contributed by atoms with Crippen LogP contribution in [0.15, 0.2) is 247 Å². The van der Waals surface area contributed by atoms with E-state index in [0.717, 1.165) is 118 Å². The summed E-state index contributed by atoms with van der Waals surface area (Å²) in [5, 5.41) is 40.3. The Labute approximate surface area is 659 Å². The Kier molecular flexibility index (Phi) is 28.3. The molecule has 0 fully saturated rings. The zero-order chi connectivity index (χ0) is 80.4. The lowest BCUT2D eigenvalue weighted by Crippen LogP contribution is -2.31. The molecule has 12 rings (SSSR count). The fourth-order valence-corrected chi connectivity index (χ4v) is 13.4. The lowest BCUT2D eigenvalue weighted by atomic mass is 9.93. The van der Waals surface area contributed by atoms with Gasteiger partial charge in [0.1, 0.15) is 17.2 Å². The zero-order valence-electron chi connectivity index (χ0n) is 67.9. The van der Waals surface area contributed by atoms with Gasteiger partial charge < -0.3 is 46.6 Å². The number of phenols is 3. The van der Waals surface area contributed by atoms with Gasteiger partial charge in [0, 0.05) is 99.9 Å². The third-order valence-corrected chi connectivity index (χ3v) is 19.8. The van der Waals surface area contributed by atoms with Crippen LogP contribution in [0.3, 0.4) is 0 Å². The Morgan fingerprint density at radius 3 is 0.703 bits per heavy atom. The molecule has 12 aromatic rings. The number of nitrogens with zero attached hydrogens (tertiary/aromatic N) is 5. The quantitative estimate of drug-likeness (QED) is 0.0299. The van der Waals surface area contributed by atoms with E-state index < -0.39 is 0 Å². The van der Waals surface area contributed by atoms with Crippen molar-refractivity contribution < 1.29 is 25.2 Å². The highest BCUT2D eigenvalue weighted by molar-refractivity contribution is 5.90. The predicted molar refractivity (Wildman–Crippen MR) is 470 cm³/mol. The van der Waals surface area contributed by atoms with E-state index in [0.29, 0.717) is 49.2 Å². The smallest absolute Gasteiger partial charge is 0.153 e. The second-order valence-electron chi connectivity index (χ2n) is 30.8. The van der Waals surface area contributed by atoms with Crippen LogP contribution in [0.4, 0.5) is 51.2 Å². The molecule has 0 aliphatic heterocycles. The van der Waals surface area contributed by atoms with Gasteiger partial charge in [-0.2, -0.15) is 0 Å². The molecule has 0 saturated heterocycles. The van der Waals surface area contributed by atoms with Crippen molar-refractivity contribution in [3.05, 3.63) is 320 Å². The van der Waals surface area contributed by atoms with E-state index in [-0.39, 0.29) is 34.7 Å². The van der Waals surface area contributed by atoms with Gasteiger partial charge in [-0.15, -0.1) is 0 Å². The number of benzene rings is 12. The van der Waals surface area contributed by atoms with E-state index in [1.807, 2.05) is 44.2 Å². The van der Waals surface area contributed by atoms with Crippen LogP contribution in [-0.4, -0.2) is 71.9 Å². The number of carbonyl (C=O) groups excluding carboxylic acids is 1. The Morgan fingerprint density at radius 1 is 0.315 bits per heavy atom. The van der Waals surface area contributed by atoms with Crippen LogP contribution in [0.2, 0.25) is 0 Å². The molecule has 8 N–H and O–H groups in total. The molecule has 0 amide bonds. The summed E-state index contributed by atoms with van der Waals surface area (Å²) >= 11 is 0. The van der Waals surface area contributed by atoms with Crippen molar-refractivity contribution in [2.75, 3.05) is 47.5 Å². The maximum atomic E-state index is 11.3. The minimum Gasteiger partial charge on any atom is -0.507 e. The molecule has 12 heteroatoms. The Morgan fingerprint density at radius 2 is 0.523 bits per heavy atom.